The Bertz CT molecular complexity index is 886. The summed E-state index contributed by atoms with van der Waals surface area (Å²) < 4.78 is 0. The second-order valence-corrected chi connectivity index (χ2v) is 9.46. The molecule has 1 rings (SSSR count). The Morgan fingerprint density at radius 2 is 1.14 bits per heavy atom. The molecule has 0 aliphatic carbocycles. The van der Waals surface area contributed by atoms with Crippen molar-refractivity contribution in [3.05, 3.63) is 44.0 Å². The number of benzene rings is 1. The molecule has 11 nitrogen and oxygen atoms in total. The number of carbonyl (C=O) groups is 3. The number of ketones is 1. The van der Waals surface area contributed by atoms with E-state index in [0.29, 0.717) is 6.42 Å². The third kappa shape index (κ3) is 11.9. The van der Waals surface area contributed by atoms with Crippen molar-refractivity contribution in [1.82, 2.24) is 0 Å². The molecule has 0 spiro atoms. The maximum Gasteiger partial charge on any atom is 0.317 e. The summed E-state index contributed by atoms with van der Waals surface area (Å²) in [6.07, 6.45) is 12.7. The average molecular weight is 523 g/mol. The minimum Gasteiger partial charge on any atom is -0.481 e. The van der Waals surface area contributed by atoms with Gasteiger partial charge in [0, 0.05) is 23.6 Å². The van der Waals surface area contributed by atoms with Crippen LogP contribution in [0.15, 0.2) is 18.2 Å². The fourth-order valence-corrected chi connectivity index (χ4v) is 4.36. The van der Waals surface area contributed by atoms with Crippen LogP contribution in [0.2, 0.25) is 0 Å². The Labute approximate surface area is 216 Å². The van der Waals surface area contributed by atoms with Gasteiger partial charge in [-0.15, -0.1) is 0 Å². The van der Waals surface area contributed by atoms with Gasteiger partial charge >= 0.3 is 11.9 Å². The summed E-state index contributed by atoms with van der Waals surface area (Å²) in [7, 11) is 0. The molecule has 0 aliphatic rings. The third-order valence-electron chi connectivity index (χ3n) is 6.50. The Hall–Kier alpha value is -3.37. The minimum absolute atomic E-state index is 0.184. The smallest absolute Gasteiger partial charge is 0.317 e. The van der Waals surface area contributed by atoms with Gasteiger partial charge in [0.15, 0.2) is 11.7 Å². The summed E-state index contributed by atoms with van der Waals surface area (Å²) in [6, 6.07) is 2.54. The molecular weight excluding hydrogens is 484 g/mol. The van der Waals surface area contributed by atoms with E-state index in [1.807, 2.05) is 0 Å². The van der Waals surface area contributed by atoms with E-state index in [0.717, 1.165) is 50.3 Å². The van der Waals surface area contributed by atoms with Crippen LogP contribution in [-0.4, -0.2) is 37.8 Å². The molecule has 0 heterocycles. The van der Waals surface area contributed by atoms with Crippen molar-refractivity contribution in [2.45, 2.75) is 96.8 Å². The van der Waals surface area contributed by atoms with Crippen molar-refractivity contribution < 1.29 is 34.4 Å². The zero-order chi connectivity index (χ0) is 27.8. The number of nitro groups is 2. The summed E-state index contributed by atoms with van der Waals surface area (Å²) in [5.74, 6) is -6.81. The van der Waals surface area contributed by atoms with E-state index in [2.05, 4.69) is 6.92 Å². The monoisotopic (exact) mass is 522 g/mol. The molecule has 11 heteroatoms. The number of nitro benzene ring substituents is 2. The maximum atomic E-state index is 13.2. The number of rotatable bonds is 21. The lowest BCUT2D eigenvalue weighted by Crippen LogP contribution is -2.29. The summed E-state index contributed by atoms with van der Waals surface area (Å²) >= 11 is 0. The van der Waals surface area contributed by atoms with E-state index in [1.54, 1.807) is 0 Å². The number of unbranched alkanes of at least 4 members (excludes halogenated alkanes) is 11. The molecule has 0 aromatic heterocycles. The van der Waals surface area contributed by atoms with E-state index in [4.69, 9.17) is 0 Å². The summed E-state index contributed by atoms with van der Waals surface area (Å²) in [5.41, 5.74) is -1.59. The second kappa shape index (κ2) is 17.1. The van der Waals surface area contributed by atoms with Gasteiger partial charge in [0.05, 0.1) is 15.9 Å². The highest BCUT2D eigenvalue weighted by Crippen LogP contribution is 2.29. The molecule has 0 fully saturated rings. The fourth-order valence-electron chi connectivity index (χ4n) is 4.36. The quantitative estimate of drug-likeness (QED) is 0.0593. The maximum absolute atomic E-state index is 13.2. The Kier molecular flexibility index (Phi) is 14.7. The van der Waals surface area contributed by atoms with Gasteiger partial charge in [0.25, 0.3) is 11.4 Å². The number of carboxylic acid groups (broad SMARTS) is 2. The van der Waals surface area contributed by atoms with Crippen LogP contribution in [0.1, 0.15) is 107 Å². The van der Waals surface area contributed by atoms with Crippen LogP contribution in [0.3, 0.4) is 0 Å². The molecule has 0 saturated carbocycles. The molecule has 37 heavy (non-hydrogen) atoms. The average Bonchev–Trinajstić information content (AvgIpc) is 2.85. The molecule has 0 saturated heterocycles. The highest BCUT2D eigenvalue weighted by atomic mass is 16.6. The fraction of sp³-hybridized carbons (Fsp3) is 0.654. The summed E-state index contributed by atoms with van der Waals surface area (Å²) in [6.45, 7) is 2.19. The summed E-state index contributed by atoms with van der Waals surface area (Å²) in [5, 5.41) is 40.9. The van der Waals surface area contributed by atoms with E-state index < -0.39 is 57.2 Å². The van der Waals surface area contributed by atoms with Gasteiger partial charge in [0.2, 0.25) is 0 Å². The number of non-ortho nitro benzene ring substituents is 2. The number of nitrogens with zero attached hydrogens (tertiary/aromatic N) is 2. The third-order valence-corrected chi connectivity index (χ3v) is 6.50. The van der Waals surface area contributed by atoms with Crippen molar-refractivity contribution in [1.29, 1.82) is 0 Å². The lowest BCUT2D eigenvalue weighted by Gasteiger charge is -2.18. The van der Waals surface area contributed by atoms with Gasteiger partial charge < -0.3 is 10.2 Å². The standard InChI is InChI=1S/C26H38N2O9/c1-2-3-4-5-6-7-8-9-10-11-12-13-14-19(17-23(25(30)31)26(32)33)24(29)20-15-21(27(34)35)18-22(16-20)28(36)37/h15-16,18-19,23H,2-14,17H2,1H3,(H,30,31)(H,32,33). The number of Topliss-reactive ketones (excluding diaryl/α,β-unsaturated/α-hetero) is 1. The van der Waals surface area contributed by atoms with Crippen LogP contribution < -0.4 is 0 Å². The van der Waals surface area contributed by atoms with Crippen LogP contribution >= 0.6 is 0 Å². The molecule has 1 atom stereocenters. The number of hydrogen-bond acceptors (Lipinski definition) is 7. The molecule has 1 unspecified atom stereocenters. The predicted molar refractivity (Wildman–Crippen MR) is 137 cm³/mol. The van der Waals surface area contributed by atoms with Crippen molar-refractivity contribution in [3.63, 3.8) is 0 Å². The van der Waals surface area contributed by atoms with Crippen LogP contribution in [0.4, 0.5) is 11.4 Å². The van der Waals surface area contributed by atoms with E-state index in [1.165, 1.54) is 38.5 Å². The van der Waals surface area contributed by atoms with E-state index >= 15 is 0 Å². The van der Waals surface area contributed by atoms with Crippen LogP contribution in [0, 0.1) is 32.1 Å². The van der Waals surface area contributed by atoms with Gasteiger partial charge in [-0.3, -0.25) is 34.6 Å². The normalized spacial score (nSPS) is 11.8. The molecule has 1 aromatic carbocycles. The molecular formula is C26H38N2O9. The van der Waals surface area contributed by atoms with Crippen molar-refractivity contribution in [2.75, 3.05) is 0 Å². The van der Waals surface area contributed by atoms with Crippen LogP contribution in [-0.2, 0) is 9.59 Å². The van der Waals surface area contributed by atoms with Gasteiger partial charge in [-0.1, -0.05) is 84.0 Å². The van der Waals surface area contributed by atoms with Crippen molar-refractivity contribution in [3.8, 4) is 0 Å². The molecule has 0 aliphatic heterocycles. The first kappa shape index (κ1) is 31.7. The molecule has 206 valence electrons. The SMILES string of the molecule is CCCCCCCCCCCCCCC(CC(C(=O)O)C(=O)O)C(=O)c1cc([N+](=O)[O-])cc([N+](=O)[O-])c1. The lowest BCUT2D eigenvalue weighted by molar-refractivity contribution is -0.394. The molecule has 1 aromatic rings. The minimum atomic E-state index is -1.83. The summed E-state index contributed by atoms with van der Waals surface area (Å²) in [4.78, 5) is 56.7. The first-order chi connectivity index (χ1) is 17.6. The topological polar surface area (TPSA) is 178 Å². The zero-order valence-electron chi connectivity index (χ0n) is 21.4. The first-order valence-corrected chi connectivity index (χ1v) is 13.0. The van der Waals surface area contributed by atoms with Gasteiger partial charge in [-0.25, -0.2) is 0 Å². The van der Waals surface area contributed by atoms with Gasteiger partial charge in [-0.05, 0) is 12.8 Å². The number of hydrogen-bond donors (Lipinski definition) is 2. The molecule has 0 bridgehead atoms. The lowest BCUT2D eigenvalue weighted by atomic mass is 9.84. The van der Waals surface area contributed by atoms with E-state index in [9.17, 15) is 44.8 Å². The van der Waals surface area contributed by atoms with Gasteiger partial charge in [-0.2, -0.15) is 0 Å². The zero-order valence-corrected chi connectivity index (χ0v) is 21.4. The highest BCUT2D eigenvalue weighted by molar-refractivity contribution is 6.00. The molecule has 2 N–H and O–H groups in total. The highest BCUT2D eigenvalue weighted by Gasteiger charge is 2.33. The van der Waals surface area contributed by atoms with Crippen LogP contribution in [0.5, 0.6) is 0 Å². The Morgan fingerprint density at radius 1 is 0.730 bits per heavy atom. The Morgan fingerprint density at radius 3 is 1.51 bits per heavy atom. The number of carbonyl (C=O) groups excluding carboxylic acids is 1. The van der Waals surface area contributed by atoms with Crippen molar-refractivity contribution in [2.24, 2.45) is 11.8 Å². The predicted octanol–water partition coefficient (Wildman–Crippen LogP) is 6.57. The number of carboxylic acids is 2. The molecule has 0 amide bonds. The Balaban J connectivity index is 2.77. The second-order valence-electron chi connectivity index (χ2n) is 9.46. The largest absolute Gasteiger partial charge is 0.481 e. The number of aliphatic carboxylic acids is 2. The van der Waals surface area contributed by atoms with Gasteiger partial charge in [0.1, 0.15) is 0 Å². The van der Waals surface area contributed by atoms with Crippen molar-refractivity contribution >= 4 is 29.1 Å². The first-order valence-electron chi connectivity index (χ1n) is 13.0. The molecule has 0 radical (unpaired) electrons. The van der Waals surface area contributed by atoms with E-state index in [-0.39, 0.29) is 12.0 Å². The van der Waals surface area contributed by atoms with Crippen LogP contribution in [0.25, 0.3) is 0 Å².